The maximum Gasteiger partial charge on any atom is 0.232 e. The van der Waals surface area contributed by atoms with Crippen molar-refractivity contribution in [2.45, 2.75) is 43.9 Å². The van der Waals surface area contributed by atoms with Crippen molar-refractivity contribution >= 4 is 5.91 Å². The highest BCUT2D eigenvalue weighted by atomic mass is 16.3. The highest BCUT2D eigenvalue weighted by molar-refractivity contribution is 5.96. The lowest BCUT2D eigenvalue weighted by molar-refractivity contribution is -0.123. The van der Waals surface area contributed by atoms with E-state index in [1.807, 2.05) is 84.9 Å². The van der Waals surface area contributed by atoms with Crippen molar-refractivity contribution in [3.05, 3.63) is 131 Å². The third-order valence-electron chi connectivity index (χ3n) is 7.44. The van der Waals surface area contributed by atoms with Gasteiger partial charge in [0.15, 0.2) is 0 Å². The first-order chi connectivity index (χ1) is 17.9. The van der Waals surface area contributed by atoms with Gasteiger partial charge in [0.1, 0.15) is 0 Å². The van der Waals surface area contributed by atoms with Crippen LogP contribution in [0.4, 0.5) is 0 Å². The number of nitrogens with one attached hydrogen (secondary N) is 2. The lowest BCUT2D eigenvalue weighted by atomic mass is 9.92. The second-order valence-corrected chi connectivity index (χ2v) is 10.4. The fourth-order valence-electron chi connectivity index (χ4n) is 5.31. The Bertz CT molecular complexity index is 1310. The summed E-state index contributed by atoms with van der Waals surface area (Å²) >= 11 is 0. The van der Waals surface area contributed by atoms with Crippen molar-refractivity contribution in [2.24, 2.45) is 0 Å². The van der Waals surface area contributed by atoms with Gasteiger partial charge in [0.25, 0.3) is 0 Å². The Morgan fingerprint density at radius 2 is 1.30 bits per heavy atom. The van der Waals surface area contributed by atoms with Crippen LogP contribution in [0.25, 0.3) is 11.1 Å². The predicted octanol–water partition coefficient (Wildman–Crippen LogP) is 5.41. The van der Waals surface area contributed by atoms with Gasteiger partial charge in [0.05, 0.1) is 18.1 Å². The average Bonchev–Trinajstić information content (AvgIpc) is 3.27. The van der Waals surface area contributed by atoms with Crippen LogP contribution < -0.4 is 10.6 Å². The minimum absolute atomic E-state index is 0.0836. The maximum absolute atomic E-state index is 13.9. The molecule has 4 nitrogen and oxygen atoms in total. The van der Waals surface area contributed by atoms with Gasteiger partial charge in [-0.2, -0.15) is 0 Å². The minimum Gasteiger partial charge on any atom is -0.390 e. The summed E-state index contributed by atoms with van der Waals surface area (Å²) in [5.41, 5.74) is 6.11. The number of hydrogen-bond acceptors (Lipinski definition) is 3. The molecule has 0 bridgehead atoms. The number of aliphatic hydroxyl groups is 1. The van der Waals surface area contributed by atoms with Gasteiger partial charge >= 0.3 is 0 Å². The number of fused-ring (bicyclic) bond motifs is 3. The summed E-state index contributed by atoms with van der Waals surface area (Å²) in [5.74, 6) is -0.480. The number of hydrogen-bond donors (Lipinski definition) is 3. The monoisotopic (exact) mass is 490 g/mol. The number of benzene rings is 4. The number of amides is 1. The largest absolute Gasteiger partial charge is 0.390 e. The van der Waals surface area contributed by atoms with Crippen LogP contribution in [0.15, 0.2) is 109 Å². The molecule has 1 amide bonds. The molecule has 0 saturated heterocycles. The van der Waals surface area contributed by atoms with Crippen LogP contribution in [0.1, 0.15) is 42.0 Å². The van der Waals surface area contributed by atoms with E-state index in [0.29, 0.717) is 13.0 Å². The van der Waals surface area contributed by atoms with E-state index in [0.717, 1.165) is 33.4 Å². The van der Waals surface area contributed by atoms with Crippen LogP contribution in [-0.4, -0.2) is 29.7 Å². The minimum atomic E-state index is -0.779. The molecule has 4 heteroatoms. The quantitative estimate of drug-likeness (QED) is 0.294. The van der Waals surface area contributed by atoms with E-state index in [4.69, 9.17) is 0 Å². The Balaban J connectivity index is 1.37. The van der Waals surface area contributed by atoms with E-state index in [-0.39, 0.29) is 11.4 Å². The van der Waals surface area contributed by atoms with Gasteiger partial charge in [0, 0.05) is 12.1 Å². The molecule has 0 unspecified atom stereocenters. The molecule has 4 aromatic rings. The molecule has 1 aliphatic rings. The highest BCUT2D eigenvalue weighted by Crippen LogP contribution is 2.44. The summed E-state index contributed by atoms with van der Waals surface area (Å²) in [6.45, 7) is 4.55. The van der Waals surface area contributed by atoms with Gasteiger partial charge in [-0.1, -0.05) is 109 Å². The SMILES string of the molecule is CC(C)(NC[C@@H](O)[C@H](Cc1ccccc1)NC(=O)C1c2ccccc2-c2ccccc21)c1ccccc1. The molecular weight excluding hydrogens is 456 g/mol. The number of rotatable bonds is 9. The Hall–Kier alpha value is -3.73. The zero-order valence-corrected chi connectivity index (χ0v) is 21.4. The molecule has 1 aliphatic carbocycles. The molecule has 4 aromatic carbocycles. The topological polar surface area (TPSA) is 61.4 Å². The van der Waals surface area contributed by atoms with E-state index in [1.54, 1.807) is 0 Å². The standard InChI is InChI=1S/C33H34N2O2/c1-33(2,24-15-7-4-8-16-24)34-22-30(36)29(21-23-13-5-3-6-14-23)35-32(37)31-27-19-11-9-17-25(27)26-18-10-12-20-28(26)31/h3-20,29-31,34,36H,21-22H2,1-2H3,(H,35,37)/t29-,30+/m0/s1. The smallest absolute Gasteiger partial charge is 0.232 e. The van der Waals surface area contributed by atoms with Gasteiger partial charge in [-0.3, -0.25) is 4.79 Å². The third kappa shape index (κ3) is 5.36. The van der Waals surface area contributed by atoms with Crippen molar-refractivity contribution in [2.75, 3.05) is 6.54 Å². The van der Waals surface area contributed by atoms with Crippen molar-refractivity contribution in [1.29, 1.82) is 0 Å². The second kappa shape index (κ2) is 10.7. The van der Waals surface area contributed by atoms with Gasteiger partial charge in [-0.15, -0.1) is 0 Å². The first-order valence-corrected chi connectivity index (χ1v) is 13.0. The summed E-state index contributed by atoms with van der Waals surface area (Å²) in [7, 11) is 0. The molecule has 3 N–H and O–H groups in total. The van der Waals surface area contributed by atoms with Crippen molar-refractivity contribution in [1.82, 2.24) is 10.6 Å². The van der Waals surface area contributed by atoms with Gasteiger partial charge in [-0.05, 0) is 53.6 Å². The lowest BCUT2D eigenvalue weighted by Crippen LogP contribution is -2.52. The van der Waals surface area contributed by atoms with Crippen LogP contribution in [0.5, 0.6) is 0 Å². The Kier molecular flexibility index (Phi) is 7.22. The van der Waals surface area contributed by atoms with E-state index in [1.165, 1.54) is 0 Å². The zero-order chi connectivity index (χ0) is 25.8. The number of carbonyl (C=O) groups is 1. The molecule has 0 fully saturated rings. The first-order valence-electron chi connectivity index (χ1n) is 13.0. The Morgan fingerprint density at radius 1 is 0.784 bits per heavy atom. The van der Waals surface area contributed by atoms with Crippen molar-refractivity contribution in [3.63, 3.8) is 0 Å². The van der Waals surface area contributed by atoms with Gasteiger partial charge in [-0.25, -0.2) is 0 Å². The summed E-state index contributed by atoms with van der Waals surface area (Å²) < 4.78 is 0. The molecule has 0 saturated carbocycles. The van der Waals surface area contributed by atoms with Crippen LogP contribution in [0, 0.1) is 0 Å². The van der Waals surface area contributed by atoms with E-state index in [9.17, 15) is 9.90 Å². The molecule has 37 heavy (non-hydrogen) atoms. The molecule has 2 atom stereocenters. The Morgan fingerprint density at radius 3 is 1.89 bits per heavy atom. The third-order valence-corrected chi connectivity index (χ3v) is 7.44. The van der Waals surface area contributed by atoms with Gasteiger partial charge < -0.3 is 15.7 Å². The average molecular weight is 491 g/mol. The van der Waals surface area contributed by atoms with Crippen LogP contribution >= 0.6 is 0 Å². The first kappa shape index (κ1) is 24.9. The van der Waals surface area contributed by atoms with E-state index in [2.05, 4.69) is 48.7 Å². The van der Waals surface area contributed by atoms with Crippen molar-refractivity contribution < 1.29 is 9.90 Å². The lowest BCUT2D eigenvalue weighted by Gasteiger charge is -2.32. The normalized spacial score (nSPS) is 14.5. The van der Waals surface area contributed by atoms with E-state index >= 15 is 0 Å². The molecular formula is C33H34N2O2. The van der Waals surface area contributed by atoms with Gasteiger partial charge in [0.2, 0.25) is 5.91 Å². The molecule has 0 radical (unpaired) electrons. The summed E-state index contributed by atoms with van der Waals surface area (Å²) in [5, 5.41) is 18.1. The fraction of sp³-hybridized carbons (Fsp3) is 0.242. The summed E-state index contributed by atoms with van der Waals surface area (Å²) in [6, 6.07) is 36.0. The summed E-state index contributed by atoms with van der Waals surface area (Å²) in [6.07, 6.45) is -0.240. The Labute approximate surface area is 219 Å². The van der Waals surface area contributed by atoms with E-state index < -0.39 is 18.1 Å². The fourth-order valence-corrected chi connectivity index (χ4v) is 5.31. The van der Waals surface area contributed by atoms with Crippen LogP contribution in [-0.2, 0) is 16.8 Å². The molecule has 0 aromatic heterocycles. The molecule has 5 rings (SSSR count). The maximum atomic E-state index is 13.9. The van der Waals surface area contributed by atoms with Crippen LogP contribution in [0.2, 0.25) is 0 Å². The zero-order valence-electron chi connectivity index (χ0n) is 21.4. The predicted molar refractivity (Wildman–Crippen MR) is 149 cm³/mol. The number of aliphatic hydroxyl groups excluding tert-OH is 1. The van der Waals surface area contributed by atoms with Crippen LogP contribution in [0.3, 0.4) is 0 Å². The molecule has 0 spiro atoms. The molecule has 0 heterocycles. The highest BCUT2D eigenvalue weighted by Gasteiger charge is 2.35. The molecule has 0 aliphatic heterocycles. The molecule has 188 valence electrons. The second-order valence-electron chi connectivity index (χ2n) is 10.4. The van der Waals surface area contributed by atoms with Crippen molar-refractivity contribution in [3.8, 4) is 11.1 Å². The summed E-state index contributed by atoms with van der Waals surface area (Å²) in [4.78, 5) is 13.9. The number of carbonyl (C=O) groups excluding carboxylic acids is 1.